The first kappa shape index (κ1) is 10.4. The lowest BCUT2D eigenvalue weighted by Crippen LogP contribution is -2.20. The molecule has 0 aliphatic heterocycles. The van der Waals surface area contributed by atoms with Gasteiger partial charge in [-0.25, -0.2) is 0 Å². The van der Waals surface area contributed by atoms with Crippen molar-refractivity contribution in [3.63, 3.8) is 0 Å². The molecular formula is C10H11ClN2O2. The predicted octanol–water partition coefficient (Wildman–Crippen LogP) is 2.24. The van der Waals surface area contributed by atoms with Gasteiger partial charge in [0.25, 0.3) is 5.69 Å². The standard InChI is InChI=1S/C10H11ClN2O2/c11-7-1-2-9(13(14)15)8(5-7)10(6-12)3-4-10/h1-2,5H,3-4,6,12H2. The zero-order chi connectivity index (χ0) is 11.1. The highest BCUT2D eigenvalue weighted by molar-refractivity contribution is 6.30. The fraction of sp³-hybridized carbons (Fsp3) is 0.400. The van der Waals surface area contributed by atoms with Crippen molar-refractivity contribution < 1.29 is 4.92 Å². The van der Waals surface area contributed by atoms with Crippen LogP contribution in [0.1, 0.15) is 18.4 Å². The van der Waals surface area contributed by atoms with Crippen molar-refractivity contribution in [1.29, 1.82) is 0 Å². The maximum atomic E-state index is 10.8. The van der Waals surface area contributed by atoms with Gasteiger partial charge in [0.05, 0.1) is 4.92 Å². The molecule has 2 N–H and O–H groups in total. The number of benzene rings is 1. The van der Waals surface area contributed by atoms with Gasteiger partial charge in [0.2, 0.25) is 0 Å². The number of nitro groups is 1. The van der Waals surface area contributed by atoms with Gasteiger partial charge >= 0.3 is 0 Å². The van der Waals surface area contributed by atoms with Crippen LogP contribution < -0.4 is 5.73 Å². The Morgan fingerprint density at radius 1 is 1.53 bits per heavy atom. The fourth-order valence-electron chi connectivity index (χ4n) is 1.83. The third-order valence-electron chi connectivity index (χ3n) is 2.97. The Hall–Kier alpha value is -1.13. The highest BCUT2D eigenvalue weighted by atomic mass is 35.5. The fourth-order valence-corrected chi connectivity index (χ4v) is 2.00. The van der Waals surface area contributed by atoms with Crippen LogP contribution in [-0.2, 0) is 5.41 Å². The van der Waals surface area contributed by atoms with E-state index in [4.69, 9.17) is 17.3 Å². The molecule has 1 aliphatic carbocycles. The van der Waals surface area contributed by atoms with Gasteiger partial charge in [-0.1, -0.05) is 11.6 Å². The number of halogens is 1. The van der Waals surface area contributed by atoms with Crippen molar-refractivity contribution in [1.82, 2.24) is 0 Å². The first-order chi connectivity index (χ1) is 7.09. The van der Waals surface area contributed by atoms with E-state index in [9.17, 15) is 10.1 Å². The molecule has 1 aromatic carbocycles. The summed E-state index contributed by atoms with van der Waals surface area (Å²) in [6.07, 6.45) is 1.81. The van der Waals surface area contributed by atoms with Crippen molar-refractivity contribution in [3.05, 3.63) is 38.9 Å². The molecule has 0 saturated heterocycles. The summed E-state index contributed by atoms with van der Waals surface area (Å²) in [4.78, 5) is 10.5. The smallest absolute Gasteiger partial charge is 0.273 e. The van der Waals surface area contributed by atoms with E-state index in [0.29, 0.717) is 17.1 Å². The monoisotopic (exact) mass is 226 g/mol. The van der Waals surface area contributed by atoms with Crippen molar-refractivity contribution >= 4 is 17.3 Å². The summed E-state index contributed by atoms with van der Waals surface area (Å²) in [6, 6.07) is 4.66. The molecular weight excluding hydrogens is 216 g/mol. The maximum absolute atomic E-state index is 10.8. The largest absolute Gasteiger partial charge is 0.330 e. The van der Waals surface area contributed by atoms with Gasteiger partial charge in [-0.05, 0) is 25.0 Å². The van der Waals surface area contributed by atoms with Crippen LogP contribution in [0.15, 0.2) is 18.2 Å². The van der Waals surface area contributed by atoms with E-state index < -0.39 is 0 Å². The van der Waals surface area contributed by atoms with Gasteiger partial charge in [-0.15, -0.1) is 0 Å². The normalized spacial score (nSPS) is 17.5. The SMILES string of the molecule is NCC1(c2cc(Cl)ccc2[N+](=O)[O-])CC1. The molecule has 0 heterocycles. The lowest BCUT2D eigenvalue weighted by molar-refractivity contribution is -0.385. The number of hydrogen-bond acceptors (Lipinski definition) is 3. The number of rotatable bonds is 3. The molecule has 1 aromatic rings. The Balaban J connectivity index is 2.53. The molecule has 5 heteroatoms. The van der Waals surface area contributed by atoms with Gasteiger partial charge in [0.1, 0.15) is 0 Å². The summed E-state index contributed by atoms with van der Waals surface area (Å²) in [5.41, 5.74) is 6.26. The number of hydrogen-bond donors (Lipinski definition) is 1. The molecule has 1 saturated carbocycles. The van der Waals surface area contributed by atoms with E-state index in [-0.39, 0.29) is 16.0 Å². The molecule has 0 unspecified atom stereocenters. The molecule has 0 aromatic heterocycles. The zero-order valence-corrected chi connectivity index (χ0v) is 8.83. The molecule has 2 rings (SSSR count). The van der Waals surface area contributed by atoms with Crippen LogP contribution in [-0.4, -0.2) is 11.5 Å². The minimum Gasteiger partial charge on any atom is -0.330 e. The van der Waals surface area contributed by atoms with E-state index in [0.717, 1.165) is 12.8 Å². The molecule has 1 aliphatic rings. The summed E-state index contributed by atoms with van der Waals surface area (Å²) in [6.45, 7) is 0.439. The summed E-state index contributed by atoms with van der Waals surface area (Å²) in [7, 11) is 0. The summed E-state index contributed by atoms with van der Waals surface area (Å²) >= 11 is 5.85. The van der Waals surface area contributed by atoms with Crippen LogP contribution in [0.5, 0.6) is 0 Å². The second kappa shape index (κ2) is 3.47. The molecule has 0 radical (unpaired) electrons. The molecule has 0 bridgehead atoms. The second-order valence-electron chi connectivity index (χ2n) is 3.90. The third kappa shape index (κ3) is 1.70. The van der Waals surface area contributed by atoms with Crippen LogP contribution in [0.3, 0.4) is 0 Å². The van der Waals surface area contributed by atoms with Gasteiger partial charge in [-0.3, -0.25) is 10.1 Å². The van der Waals surface area contributed by atoms with Crippen LogP contribution in [0.25, 0.3) is 0 Å². The molecule has 4 nitrogen and oxygen atoms in total. The van der Waals surface area contributed by atoms with Gasteiger partial charge in [0, 0.05) is 28.6 Å². The summed E-state index contributed by atoms with van der Waals surface area (Å²) < 4.78 is 0. The third-order valence-corrected chi connectivity index (χ3v) is 3.21. The molecule has 1 fully saturated rings. The summed E-state index contributed by atoms with van der Waals surface area (Å²) in [5.74, 6) is 0. The highest BCUT2D eigenvalue weighted by Crippen LogP contribution is 2.50. The Morgan fingerprint density at radius 2 is 2.20 bits per heavy atom. The molecule has 15 heavy (non-hydrogen) atoms. The number of nitrogens with zero attached hydrogens (tertiary/aromatic N) is 1. The van der Waals surface area contributed by atoms with Crippen molar-refractivity contribution in [3.8, 4) is 0 Å². The topological polar surface area (TPSA) is 69.2 Å². The first-order valence-electron chi connectivity index (χ1n) is 4.73. The molecule has 0 spiro atoms. The molecule has 0 atom stereocenters. The van der Waals surface area contributed by atoms with E-state index in [1.165, 1.54) is 12.1 Å². The van der Waals surface area contributed by atoms with E-state index >= 15 is 0 Å². The first-order valence-corrected chi connectivity index (χ1v) is 5.11. The minimum atomic E-state index is -0.374. The van der Waals surface area contributed by atoms with E-state index in [1.807, 2.05) is 0 Å². The Morgan fingerprint density at radius 3 is 2.67 bits per heavy atom. The van der Waals surface area contributed by atoms with Crippen LogP contribution >= 0.6 is 11.6 Å². The van der Waals surface area contributed by atoms with Gasteiger partial charge in [0.15, 0.2) is 0 Å². The molecule has 80 valence electrons. The van der Waals surface area contributed by atoms with Crippen LogP contribution in [0.4, 0.5) is 5.69 Å². The highest BCUT2D eigenvalue weighted by Gasteiger charge is 2.46. The quantitative estimate of drug-likeness (QED) is 0.635. The lowest BCUT2D eigenvalue weighted by Gasteiger charge is -2.13. The Kier molecular flexibility index (Phi) is 2.40. The van der Waals surface area contributed by atoms with Crippen molar-refractivity contribution in [2.45, 2.75) is 18.3 Å². The number of nitrogens with two attached hydrogens (primary N) is 1. The van der Waals surface area contributed by atoms with Gasteiger partial charge < -0.3 is 5.73 Å². The van der Waals surface area contributed by atoms with E-state index in [2.05, 4.69) is 0 Å². The maximum Gasteiger partial charge on any atom is 0.273 e. The average molecular weight is 227 g/mol. The summed E-state index contributed by atoms with van der Waals surface area (Å²) in [5, 5.41) is 11.4. The van der Waals surface area contributed by atoms with Crippen LogP contribution in [0.2, 0.25) is 5.02 Å². The van der Waals surface area contributed by atoms with E-state index in [1.54, 1.807) is 6.07 Å². The second-order valence-corrected chi connectivity index (χ2v) is 4.34. The predicted molar refractivity (Wildman–Crippen MR) is 58.1 cm³/mol. The van der Waals surface area contributed by atoms with Crippen LogP contribution in [0, 0.1) is 10.1 Å². The zero-order valence-electron chi connectivity index (χ0n) is 8.07. The van der Waals surface area contributed by atoms with Crippen molar-refractivity contribution in [2.75, 3.05) is 6.54 Å². The van der Waals surface area contributed by atoms with Gasteiger partial charge in [-0.2, -0.15) is 0 Å². The Bertz CT molecular complexity index is 416. The van der Waals surface area contributed by atoms with Crippen molar-refractivity contribution in [2.24, 2.45) is 5.73 Å². The lowest BCUT2D eigenvalue weighted by atomic mass is 9.94. The average Bonchev–Trinajstić information content (AvgIpc) is 2.97. The Labute approximate surface area is 92.2 Å². The number of nitro benzene ring substituents is 1. The molecule has 0 amide bonds. The minimum absolute atomic E-state index is 0.127.